The maximum atomic E-state index is 13.5. The minimum Gasteiger partial charge on any atom is -0.491 e. The first-order valence-corrected chi connectivity index (χ1v) is 14.0. The number of pyridine rings is 2. The molecule has 1 unspecified atom stereocenters. The molecular weight excluding hydrogens is 527 g/mol. The maximum Gasteiger partial charge on any atom is 0.326 e. The Morgan fingerprint density at radius 3 is 2.85 bits per heavy atom. The summed E-state index contributed by atoms with van der Waals surface area (Å²) in [7, 11) is 3.72. The van der Waals surface area contributed by atoms with Gasteiger partial charge in [-0.2, -0.15) is 0 Å². The highest BCUT2D eigenvalue weighted by molar-refractivity contribution is 5.77. The SMILES string of the molecule is CN(C)c1cc(NC(CCN(CCCCc2ccc3c(n2)NCCC3)CCOc2cncc(F)c2)C(=O)O)ncn1. The van der Waals surface area contributed by atoms with Gasteiger partial charge in [-0.25, -0.2) is 24.1 Å². The van der Waals surface area contributed by atoms with Crippen LogP contribution >= 0.6 is 0 Å². The summed E-state index contributed by atoms with van der Waals surface area (Å²) in [6.07, 6.45) is 9.31. The van der Waals surface area contributed by atoms with Crippen LogP contribution in [0.25, 0.3) is 0 Å². The fraction of sp³-hybridized carbons (Fsp3) is 0.483. The van der Waals surface area contributed by atoms with Crippen LogP contribution < -0.4 is 20.3 Å². The van der Waals surface area contributed by atoms with Crippen LogP contribution in [0.3, 0.4) is 0 Å². The van der Waals surface area contributed by atoms with Crippen LogP contribution in [-0.4, -0.2) is 88.8 Å². The molecule has 1 atom stereocenters. The molecule has 12 heteroatoms. The number of fused-ring (bicyclic) bond motifs is 1. The molecular formula is C29H39FN8O3. The van der Waals surface area contributed by atoms with Crippen LogP contribution in [0.5, 0.6) is 5.75 Å². The van der Waals surface area contributed by atoms with E-state index >= 15 is 0 Å². The Morgan fingerprint density at radius 1 is 1.17 bits per heavy atom. The van der Waals surface area contributed by atoms with E-state index in [1.54, 1.807) is 6.07 Å². The van der Waals surface area contributed by atoms with Crippen molar-refractivity contribution in [2.24, 2.45) is 0 Å². The highest BCUT2D eigenvalue weighted by Gasteiger charge is 2.20. The molecule has 0 radical (unpaired) electrons. The quantitative estimate of drug-likeness (QED) is 0.220. The van der Waals surface area contributed by atoms with Gasteiger partial charge in [0.25, 0.3) is 0 Å². The van der Waals surface area contributed by atoms with Gasteiger partial charge >= 0.3 is 5.97 Å². The standard InChI is InChI=1S/C29H39FN8O3/c1-37(2)27-17-26(33-20-34-27)36-25(29(39)40)10-13-38(14-15-41-24-16-22(30)18-31-19-24)12-4-3-7-23-9-8-21-6-5-11-32-28(21)35-23/h8-9,16-20,25H,3-7,10-15H2,1-2H3,(H,32,35)(H,39,40)(H,33,34,36). The predicted octanol–water partition coefficient (Wildman–Crippen LogP) is 3.49. The number of rotatable bonds is 16. The summed E-state index contributed by atoms with van der Waals surface area (Å²) in [5.41, 5.74) is 2.35. The monoisotopic (exact) mass is 566 g/mol. The second kappa shape index (κ2) is 15.1. The number of unbranched alkanes of at least 4 members (excludes halogenated alkanes) is 1. The lowest BCUT2D eigenvalue weighted by Gasteiger charge is -2.25. The highest BCUT2D eigenvalue weighted by atomic mass is 19.1. The first-order chi connectivity index (χ1) is 19.9. The number of ether oxygens (including phenoxy) is 1. The molecule has 220 valence electrons. The first kappa shape index (κ1) is 29.9. The van der Waals surface area contributed by atoms with Gasteiger partial charge in [0.05, 0.1) is 12.4 Å². The molecule has 41 heavy (non-hydrogen) atoms. The average molecular weight is 567 g/mol. The van der Waals surface area contributed by atoms with Gasteiger partial charge in [-0.1, -0.05) is 6.07 Å². The van der Waals surface area contributed by atoms with Gasteiger partial charge in [-0.15, -0.1) is 0 Å². The number of nitrogens with one attached hydrogen (secondary N) is 2. The number of aryl methyl sites for hydroxylation is 2. The van der Waals surface area contributed by atoms with E-state index in [0.29, 0.717) is 43.5 Å². The number of hydrogen-bond donors (Lipinski definition) is 3. The molecule has 4 rings (SSSR count). The van der Waals surface area contributed by atoms with Gasteiger partial charge in [-0.3, -0.25) is 9.88 Å². The average Bonchev–Trinajstić information content (AvgIpc) is 2.97. The zero-order chi connectivity index (χ0) is 29.0. The lowest BCUT2D eigenvalue weighted by Crippen LogP contribution is -2.37. The Morgan fingerprint density at radius 2 is 2.05 bits per heavy atom. The Kier molecular flexibility index (Phi) is 11.0. The van der Waals surface area contributed by atoms with Crippen molar-refractivity contribution in [2.75, 3.05) is 62.4 Å². The van der Waals surface area contributed by atoms with Crippen LogP contribution in [0.4, 0.5) is 21.8 Å². The van der Waals surface area contributed by atoms with Crippen molar-refractivity contribution in [3.63, 3.8) is 0 Å². The number of carbonyl (C=O) groups is 1. The number of anilines is 3. The molecule has 11 nitrogen and oxygen atoms in total. The van der Waals surface area contributed by atoms with Gasteiger partial charge < -0.3 is 25.4 Å². The summed E-state index contributed by atoms with van der Waals surface area (Å²) in [6.45, 7) is 3.14. The number of aromatic nitrogens is 4. The molecule has 0 aliphatic carbocycles. The van der Waals surface area contributed by atoms with E-state index in [1.807, 2.05) is 19.0 Å². The first-order valence-electron chi connectivity index (χ1n) is 14.0. The maximum absolute atomic E-state index is 13.5. The van der Waals surface area contributed by atoms with Crippen molar-refractivity contribution >= 4 is 23.4 Å². The fourth-order valence-electron chi connectivity index (χ4n) is 4.67. The summed E-state index contributed by atoms with van der Waals surface area (Å²) in [4.78, 5) is 33.1. The van der Waals surface area contributed by atoms with Crippen molar-refractivity contribution in [3.8, 4) is 5.75 Å². The van der Waals surface area contributed by atoms with Gasteiger partial charge in [0, 0.05) is 51.6 Å². The van der Waals surface area contributed by atoms with Crippen LogP contribution in [0.1, 0.15) is 36.9 Å². The minimum absolute atomic E-state index is 0.326. The number of aliphatic carboxylic acids is 1. The third-order valence-corrected chi connectivity index (χ3v) is 6.93. The van der Waals surface area contributed by atoms with E-state index in [0.717, 1.165) is 62.9 Å². The highest BCUT2D eigenvalue weighted by Crippen LogP contribution is 2.20. The number of nitrogens with zero attached hydrogens (tertiary/aromatic N) is 6. The Balaban J connectivity index is 1.32. The minimum atomic E-state index is -0.954. The van der Waals surface area contributed by atoms with E-state index in [9.17, 15) is 14.3 Å². The number of carboxylic acids is 1. The molecule has 3 aromatic heterocycles. The second-order valence-corrected chi connectivity index (χ2v) is 10.3. The molecule has 0 bridgehead atoms. The lowest BCUT2D eigenvalue weighted by atomic mass is 10.1. The fourth-order valence-corrected chi connectivity index (χ4v) is 4.67. The van der Waals surface area contributed by atoms with Gasteiger partial charge in [-0.05, 0) is 56.7 Å². The van der Waals surface area contributed by atoms with Crippen molar-refractivity contribution in [1.82, 2.24) is 24.8 Å². The van der Waals surface area contributed by atoms with Crippen molar-refractivity contribution in [3.05, 3.63) is 60.1 Å². The zero-order valence-corrected chi connectivity index (χ0v) is 23.7. The summed E-state index contributed by atoms with van der Waals surface area (Å²) in [5.74, 6) is 1.10. The molecule has 0 amide bonds. The van der Waals surface area contributed by atoms with E-state index in [2.05, 4.69) is 42.6 Å². The van der Waals surface area contributed by atoms with Gasteiger partial charge in [0.15, 0.2) is 0 Å². The normalized spacial score (nSPS) is 13.3. The molecule has 1 aliphatic rings. The molecule has 4 heterocycles. The largest absolute Gasteiger partial charge is 0.491 e. The number of carboxylic acid groups (broad SMARTS) is 1. The molecule has 0 saturated heterocycles. The third-order valence-electron chi connectivity index (χ3n) is 6.93. The predicted molar refractivity (Wildman–Crippen MR) is 156 cm³/mol. The summed E-state index contributed by atoms with van der Waals surface area (Å²) in [5, 5.41) is 16.3. The topological polar surface area (TPSA) is 129 Å². The summed E-state index contributed by atoms with van der Waals surface area (Å²) < 4.78 is 19.2. The van der Waals surface area contributed by atoms with E-state index < -0.39 is 17.8 Å². The summed E-state index contributed by atoms with van der Waals surface area (Å²) in [6, 6.07) is 6.48. The van der Waals surface area contributed by atoms with Crippen molar-refractivity contribution in [1.29, 1.82) is 0 Å². The second-order valence-electron chi connectivity index (χ2n) is 10.3. The van der Waals surface area contributed by atoms with E-state index in [1.165, 1.54) is 24.2 Å². The number of halogens is 1. The Bertz CT molecular complexity index is 1280. The van der Waals surface area contributed by atoms with Crippen molar-refractivity contribution < 1.29 is 19.0 Å². The van der Waals surface area contributed by atoms with Crippen molar-refractivity contribution in [2.45, 2.75) is 44.6 Å². The molecule has 3 aromatic rings. The molecule has 3 N–H and O–H groups in total. The summed E-state index contributed by atoms with van der Waals surface area (Å²) >= 11 is 0. The Hall–Kier alpha value is -4.06. The van der Waals surface area contributed by atoms with Crippen LogP contribution in [0, 0.1) is 5.82 Å². The zero-order valence-electron chi connectivity index (χ0n) is 23.7. The van der Waals surface area contributed by atoms with Crippen LogP contribution in [0.15, 0.2) is 43.0 Å². The molecule has 0 fully saturated rings. The lowest BCUT2D eigenvalue weighted by molar-refractivity contribution is -0.138. The third kappa shape index (κ3) is 9.52. The molecule has 0 saturated carbocycles. The van der Waals surface area contributed by atoms with E-state index in [-0.39, 0.29) is 0 Å². The van der Waals surface area contributed by atoms with Crippen LogP contribution in [-0.2, 0) is 17.6 Å². The smallest absolute Gasteiger partial charge is 0.326 e. The molecule has 0 spiro atoms. The molecule has 1 aliphatic heterocycles. The van der Waals surface area contributed by atoms with Gasteiger partial charge in [0.1, 0.15) is 48.0 Å². The number of hydrogen-bond acceptors (Lipinski definition) is 10. The van der Waals surface area contributed by atoms with Gasteiger partial charge in [0.2, 0.25) is 0 Å². The van der Waals surface area contributed by atoms with E-state index in [4.69, 9.17) is 9.72 Å². The Labute approximate surface area is 240 Å². The molecule has 0 aromatic carbocycles. The van der Waals surface area contributed by atoms with Crippen LogP contribution in [0.2, 0.25) is 0 Å².